The second-order valence-electron chi connectivity index (χ2n) is 8.63. The van der Waals surface area contributed by atoms with E-state index in [4.69, 9.17) is 14.6 Å². The van der Waals surface area contributed by atoms with Gasteiger partial charge >= 0.3 is 0 Å². The maximum absolute atomic E-state index is 13.4. The van der Waals surface area contributed by atoms with Crippen molar-refractivity contribution < 1.29 is 14.3 Å². The fourth-order valence-electron chi connectivity index (χ4n) is 4.65. The molecule has 172 valence electrons. The van der Waals surface area contributed by atoms with Crippen molar-refractivity contribution in [3.8, 4) is 5.75 Å². The molecule has 1 saturated heterocycles. The highest BCUT2D eigenvalue weighted by atomic mass is 16.5. The van der Waals surface area contributed by atoms with Crippen LogP contribution in [-0.4, -0.2) is 65.4 Å². The maximum Gasteiger partial charge on any atom is 0.274 e. The number of aromatic nitrogens is 2. The Morgan fingerprint density at radius 3 is 2.42 bits per heavy atom. The first-order valence-electron chi connectivity index (χ1n) is 11.6. The topological polar surface area (TPSA) is 59.8 Å². The molecule has 0 radical (unpaired) electrons. The number of hydrogen-bond donors (Lipinski definition) is 0. The highest BCUT2D eigenvalue weighted by molar-refractivity contribution is 5.94. The molecule has 0 N–H and O–H groups in total. The summed E-state index contributed by atoms with van der Waals surface area (Å²) in [5, 5.41) is 4.87. The third kappa shape index (κ3) is 4.79. The molecule has 0 bridgehead atoms. The number of nitrogens with zero attached hydrogens (tertiary/aromatic N) is 4. The first-order chi connectivity index (χ1) is 16.2. The van der Waals surface area contributed by atoms with E-state index in [1.54, 1.807) is 7.11 Å². The van der Waals surface area contributed by atoms with Gasteiger partial charge in [-0.05, 0) is 23.3 Å². The highest BCUT2D eigenvalue weighted by Gasteiger charge is 2.31. The fourth-order valence-corrected chi connectivity index (χ4v) is 4.65. The Morgan fingerprint density at radius 2 is 1.70 bits per heavy atom. The Kier molecular flexibility index (Phi) is 6.41. The molecule has 0 aliphatic carbocycles. The molecule has 5 rings (SSSR count). The molecule has 0 saturated carbocycles. The van der Waals surface area contributed by atoms with Crippen LogP contribution in [0.15, 0.2) is 54.6 Å². The van der Waals surface area contributed by atoms with Gasteiger partial charge in [-0.1, -0.05) is 42.5 Å². The van der Waals surface area contributed by atoms with Crippen LogP contribution in [0.1, 0.15) is 32.9 Å². The molecule has 0 spiro atoms. The van der Waals surface area contributed by atoms with E-state index in [2.05, 4.69) is 29.2 Å². The number of ether oxygens (including phenoxy) is 2. The van der Waals surface area contributed by atoms with E-state index in [0.29, 0.717) is 38.5 Å². The Hall–Kier alpha value is -3.16. The molecule has 3 heterocycles. The molecule has 2 aliphatic rings. The number of hydrogen-bond acceptors (Lipinski definition) is 5. The van der Waals surface area contributed by atoms with Gasteiger partial charge in [-0.2, -0.15) is 5.10 Å². The van der Waals surface area contributed by atoms with E-state index in [9.17, 15) is 4.79 Å². The van der Waals surface area contributed by atoms with Crippen LogP contribution in [0, 0.1) is 0 Å². The van der Waals surface area contributed by atoms with Crippen molar-refractivity contribution in [3.63, 3.8) is 0 Å². The third-order valence-corrected chi connectivity index (χ3v) is 6.45. The zero-order valence-electron chi connectivity index (χ0n) is 19.1. The molecular weight excluding hydrogens is 416 g/mol. The first-order valence-corrected chi connectivity index (χ1v) is 11.6. The smallest absolute Gasteiger partial charge is 0.274 e. The monoisotopic (exact) mass is 446 g/mol. The second kappa shape index (κ2) is 9.77. The number of methoxy groups -OCH3 is 1. The lowest BCUT2D eigenvalue weighted by Gasteiger charge is -2.29. The minimum atomic E-state index is 0.0210. The molecule has 1 fully saturated rings. The minimum Gasteiger partial charge on any atom is -0.497 e. The minimum absolute atomic E-state index is 0.0210. The molecule has 7 nitrogen and oxygen atoms in total. The number of carbonyl (C=O) groups is 1. The van der Waals surface area contributed by atoms with Gasteiger partial charge in [0.2, 0.25) is 0 Å². The fraction of sp³-hybridized carbons (Fsp3) is 0.385. The average Bonchev–Trinajstić information content (AvgIpc) is 3.22. The summed E-state index contributed by atoms with van der Waals surface area (Å²) >= 11 is 0. The lowest BCUT2D eigenvalue weighted by Crippen LogP contribution is -2.41. The van der Waals surface area contributed by atoms with Crippen LogP contribution in [0.5, 0.6) is 5.75 Å². The molecule has 3 aromatic rings. The zero-order chi connectivity index (χ0) is 22.6. The summed E-state index contributed by atoms with van der Waals surface area (Å²) in [6.07, 6.45) is 0.877. The number of amides is 1. The third-order valence-electron chi connectivity index (χ3n) is 6.45. The largest absolute Gasteiger partial charge is 0.497 e. The summed E-state index contributed by atoms with van der Waals surface area (Å²) in [5.74, 6) is 0.882. The van der Waals surface area contributed by atoms with Crippen molar-refractivity contribution >= 4 is 5.91 Å². The van der Waals surface area contributed by atoms with Crippen molar-refractivity contribution in [3.05, 3.63) is 82.7 Å². The summed E-state index contributed by atoms with van der Waals surface area (Å²) in [5.41, 5.74) is 5.27. The lowest BCUT2D eigenvalue weighted by molar-refractivity contribution is 0.0297. The van der Waals surface area contributed by atoms with Gasteiger partial charge < -0.3 is 14.4 Å². The van der Waals surface area contributed by atoms with Crippen LogP contribution in [0.3, 0.4) is 0 Å². The van der Waals surface area contributed by atoms with Crippen LogP contribution < -0.4 is 4.74 Å². The van der Waals surface area contributed by atoms with Crippen molar-refractivity contribution in [1.82, 2.24) is 19.6 Å². The van der Waals surface area contributed by atoms with E-state index in [0.717, 1.165) is 37.4 Å². The molecule has 2 aliphatic heterocycles. The van der Waals surface area contributed by atoms with E-state index in [1.165, 1.54) is 16.8 Å². The molecule has 33 heavy (non-hydrogen) atoms. The standard InChI is InChI=1S/C26H30N4O3/c1-32-22-9-7-21(8-10-22)17-28-12-11-24-23(19-28)25(26(31)29-13-15-33-16-14-29)27-30(24)18-20-5-3-2-4-6-20/h2-10H,11-19H2,1H3. The van der Waals surface area contributed by atoms with Crippen LogP contribution >= 0.6 is 0 Å². The van der Waals surface area contributed by atoms with E-state index >= 15 is 0 Å². The number of fused-ring (bicyclic) bond motifs is 1. The van der Waals surface area contributed by atoms with Crippen LogP contribution in [0.25, 0.3) is 0 Å². The number of morpholine rings is 1. The quantitative estimate of drug-likeness (QED) is 0.583. The number of carbonyl (C=O) groups excluding carboxylic acids is 1. The average molecular weight is 447 g/mol. The SMILES string of the molecule is COc1ccc(CN2CCc3c(c(C(=O)N4CCOCC4)nn3Cc3ccccc3)C2)cc1. The Bertz CT molecular complexity index is 1090. The summed E-state index contributed by atoms with van der Waals surface area (Å²) in [6.45, 7) is 5.58. The number of rotatable bonds is 6. The van der Waals surface area contributed by atoms with Gasteiger partial charge in [-0.25, -0.2) is 0 Å². The molecular formula is C26H30N4O3. The van der Waals surface area contributed by atoms with E-state index < -0.39 is 0 Å². The summed E-state index contributed by atoms with van der Waals surface area (Å²) in [4.78, 5) is 17.7. The van der Waals surface area contributed by atoms with Gasteiger partial charge in [0, 0.05) is 50.4 Å². The lowest BCUT2D eigenvalue weighted by atomic mass is 10.0. The highest BCUT2D eigenvalue weighted by Crippen LogP contribution is 2.26. The molecule has 2 aromatic carbocycles. The van der Waals surface area contributed by atoms with Gasteiger partial charge in [-0.15, -0.1) is 0 Å². The van der Waals surface area contributed by atoms with Crippen LogP contribution in [-0.2, 0) is 30.8 Å². The Morgan fingerprint density at radius 1 is 0.970 bits per heavy atom. The molecule has 1 amide bonds. The van der Waals surface area contributed by atoms with Crippen molar-refractivity contribution in [2.24, 2.45) is 0 Å². The normalized spacial score (nSPS) is 16.5. The maximum atomic E-state index is 13.4. The summed E-state index contributed by atoms with van der Waals surface area (Å²) < 4.78 is 12.8. The molecule has 1 aromatic heterocycles. The van der Waals surface area contributed by atoms with Gasteiger partial charge in [0.05, 0.1) is 26.9 Å². The van der Waals surface area contributed by atoms with E-state index in [1.807, 2.05) is 39.9 Å². The van der Waals surface area contributed by atoms with Crippen molar-refractivity contribution in [2.75, 3.05) is 40.0 Å². The van der Waals surface area contributed by atoms with Crippen LogP contribution in [0.2, 0.25) is 0 Å². The first kappa shape index (κ1) is 21.7. The van der Waals surface area contributed by atoms with Gasteiger partial charge in [-0.3, -0.25) is 14.4 Å². The van der Waals surface area contributed by atoms with Crippen LogP contribution in [0.4, 0.5) is 0 Å². The molecule has 0 atom stereocenters. The number of benzene rings is 2. The zero-order valence-corrected chi connectivity index (χ0v) is 19.1. The Labute approximate surface area is 194 Å². The molecule has 7 heteroatoms. The van der Waals surface area contributed by atoms with Gasteiger partial charge in [0.25, 0.3) is 5.91 Å². The predicted octanol–water partition coefficient (Wildman–Crippen LogP) is 2.97. The van der Waals surface area contributed by atoms with Crippen molar-refractivity contribution in [2.45, 2.75) is 26.1 Å². The summed E-state index contributed by atoms with van der Waals surface area (Å²) in [6, 6.07) is 18.5. The second-order valence-corrected chi connectivity index (χ2v) is 8.63. The molecule has 0 unspecified atom stereocenters. The van der Waals surface area contributed by atoms with Gasteiger partial charge in [0.15, 0.2) is 5.69 Å². The Balaban J connectivity index is 1.41. The summed E-state index contributed by atoms with van der Waals surface area (Å²) in [7, 11) is 1.68. The van der Waals surface area contributed by atoms with Crippen molar-refractivity contribution in [1.29, 1.82) is 0 Å². The van der Waals surface area contributed by atoms with E-state index in [-0.39, 0.29) is 5.91 Å². The van der Waals surface area contributed by atoms with Gasteiger partial charge in [0.1, 0.15) is 5.75 Å². The predicted molar refractivity (Wildman–Crippen MR) is 125 cm³/mol.